The lowest BCUT2D eigenvalue weighted by molar-refractivity contribution is -0.138. The summed E-state index contributed by atoms with van der Waals surface area (Å²) in [7, 11) is 1.83. The van der Waals surface area contributed by atoms with Crippen LogP contribution in [0, 0.1) is 0 Å². The first kappa shape index (κ1) is 16.8. The van der Waals surface area contributed by atoms with Crippen molar-refractivity contribution in [3.8, 4) is 0 Å². The number of halogens is 3. The molecule has 0 aliphatic carbocycles. The van der Waals surface area contributed by atoms with Gasteiger partial charge < -0.3 is 10.6 Å². The van der Waals surface area contributed by atoms with Gasteiger partial charge in [0, 0.05) is 18.8 Å². The lowest BCUT2D eigenvalue weighted by Crippen LogP contribution is -2.29. The van der Waals surface area contributed by atoms with Crippen molar-refractivity contribution in [1.82, 2.24) is 0 Å². The van der Waals surface area contributed by atoms with E-state index in [0.717, 1.165) is 12.8 Å². The monoisotopic (exact) mass is 288 g/mol. The van der Waals surface area contributed by atoms with Gasteiger partial charge in [0.15, 0.2) is 0 Å². The molecule has 0 spiro atoms. The van der Waals surface area contributed by atoms with Crippen molar-refractivity contribution in [2.75, 3.05) is 18.5 Å². The highest BCUT2D eigenvalue weighted by Gasteiger charge is 2.33. The first-order valence-corrected chi connectivity index (χ1v) is 6.94. The molecule has 20 heavy (non-hydrogen) atoms. The molecule has 1 unspecified atom stereocenters. The lowest BCUT2D eigenvalue weighted by Gasteiger charge is -2.28. The quantitative estimate of drug-likeness (QED) is 0.862. The molecule has 0 bridgehead atoms. The van der Waals surface area contributed by atoms with E-state index in [0.29, 0.717) is 5.69 Å². The maximum absolute atomic E-state index is 13.1. The van der Waals surface area contributed by atoms with Gasteiger partial charge in [-0.25, -0.2) is 0 Å². The number of rotatable bonds is 6. The van der Waals surface area contributed by atoms with Gasteiger partial charge in [-0.3, -0.25) is 0 Å². The van der Waals surface area contributed by atoms with Crippen LogP contribution >= 0.6 is 0 Å². The minimum Gasteiger partial charge on any atom is -0.372 e. The lowest BCUT2D eigenvalue weighted by atomic mass is 10.0. The molecule has 0 saturated carbocycles. The summed E-state index contributed by atoms with van der Waals surface area (Å²) in [5, 5.41) is 0. The van der Waals surface area contributed by atoms with Crippen LogP contribution in [-0.4, -0.2) is 19.6 Å². The van der Waals surface area contributed by atoms with Gasteiger partial charge in [-0.15, -0.1) is 0 Å². The van der Waals surface area contributed by atoms with Crippen molar-refractivity contribution < 1.29 is 13.2 Å². The average molecular weight is 288 g/mol. The molecule has 0 amide bonds. The number of benzene rings is 1. The van der Waals surface area contributed by atoms with Crippen LogP contribution in [0.1, 0.15) is 37.8 Å². The Morgan fingerprint density at radius 1 is 1.30 bits per heavy atom. The molecule has 0 aliphatic rings. The molecule has 0 aromatic heterocycles. The van der Waals surface area contributed by atoms with E-state index in [9.17, 15) is 13.2 Å². The fraction of sp³-hybridized carbons (Fsp3) is 0.600. The highest BCUT2D eigenvalue weighted by Crippen LogP contribution is 2.35. The second-order valence-electron chi connectivity index (χ2n) is 5.13. The van der Waals surface area contributed by atoms with E-state index < -0.39 is 11.7 Å². The molecule has 0 saturated heterocycles. The minimum atomic E-state index is -4.34. The van der Waals surface area contributed by atoms with Crippen LogP contribution in [0.3, 0.4) is 0 Å². The number of alkyl halides is 3. The number of hydrogen-bond acceptors (Lipinski definition) is 2. The summed E-state index contributed by atoms with van der Waals surface area (Å²) in [4.78, 5) is 1.89. The van der Waals surface area contributed by atoms with Crippen LogP contribution in [0.4, 0.5) is 18.9 Å². The van der Waals surface area contributed by atoms with Crippen molar-refractivity contribution in [3.63, 3.8) is 0 Å². The second-order valence-corrected chi connectivity index (χ2v) is 5.13. The smallest absolute Gasteiger partial charge is 0.372 e. The van der Waals surface area contributed by atoms with Crippen LogP contribution in [0.25, 0.3) is 0 Å². The number of nitrogens with zero attached hydrogens (tertiary/aromatic N) is 1. The van der Waals surface area contributed by atoms with Crippen molar-refractivity contribution in [3.05, 3.63) is 29.3 Å². The Kier molecular flexibility index (Phi) is 5.87. The molecule has 1 atom stereocenters. The Morgan fingerprint density at radius 2 is 1.95 bits per heavy atom. The maximum atomic E-state index is 13.1. The van der Waals surface area contributed by atoms with Crippen molar-refractivity contribution in [1.29, 1.82) is 0 Å². The zero-order valence-electron chi connectivity index (χ0n) is 12.3. The summed E-state index contributed by atoms with van der Waals surface area (Å²) in [5.41, 5.74) is 5.67. The zero-order valence-corrected chi connectivity index (χ0v) is 12.3. The summed E-state index contributed by atoms with van der Waals surface area (Å²) in [6, 6.07) is 4.73. The van der Waals surface area contributed by atoms with Crippen molar-refractivity contribution >= 4 is 5.69 Å². The third-order valence-electron chi connectivity index (χ3n) is 3.59. The molecule has 1 rings (SSSR count). The Labute approximate surface area is 118 Å². The van der Waals surface area contributed by atoms with Crippen LogP contribution in [0.5, 0.6) is 0 Å². The van der Waals surface area contributed by atoms with Gasteiger partial charge in [0.1, 0.15) is 0 Å². The average Bonchev–Trinajstić information content (AvgIpc) is 2.37. The fourth-order valence-corrected chi connectivity index (χ4v) is 2.29. The summed E-state index contributed by atoms with van der Waals surface area (Å²) in [6.07, 6.45) is -2.15. The molecule has 2 N–H and O–H groups in total. The van der Waals surface area contributed by atoms with Gasteiger partial charge >= 0.3 is 6.18 Å². The van der Waals surface area contributed by atoms with Crippen LogP contribution in [0.2, 0.25) is 0 Å². The van der Waals surface area contributed by atoms with Gasteiger partial charge in [-0.2, -0.15) is 13.2 Å². The SMILES string of the molecule is CCCC(C)N(C)c1ccc(CCN)c(C(F)(F)F)c1. The molecule has 1 aromatic rings. The second kappa shape index (κ2) is 6.97. The minimum absolute atomic E-state index is 0.210. The first-order chi connectivity index (χ1) is 9.31. The van der Waals surface area contributed by atoms with Gasteiger partial charge in [-0.1, -0.05) is 19.4 Å². The van der Waals surface area contributed by atoms with Crippen LogP contribution < -0.4 is 10.6 Å². The Bertz CT molecular complexity index is 430. The Balaban J connectivity index is 3.12. The third kappa shape index (κ3) is 4.13. The van der Waals surface area contributed by atoms with E-state index in [1.54, 1.807) is 12.1 Å². The summed E-state index contributed by atoms with van der Waals surface area (Å²) in [5.74, 6) is 0. The zero-order chi connectivity index (χ0) is 15.3. The molecule has 0 aliphatic heterocycles. The largest absolute Gasteiger partial charge is 0.416 e. The van der Waals surface area contributed by atoms with E-state index in [1.165, 1.54) is 6.07 Å². The predicted octanol–water partition coefficient (Wildman–Crippen LogP) is 3.83. The van der Waals surface area contributed by atoms with Gasteiger partial charge in [0.2, 0.25) is 0 Å². The van der Waals surface area contributed by atoms with Crippen molar-refractivity contribution in [2.45, 2.75) is 45.3 Å². The van der Waals surface area contributed by atoms with E-state index in [2.05, 4.69) is 6.92 Å². The topological polar surface area (TPSA) is 29.3 Å². The van der Waals surface area contributed by atoms with E-state index in [4.69, 9.17) is 5.73 Å². The van der Waals surface area contributed by atoms with Gasteiger partial charge in [0.05, 0.1) is 5.56 Å². The van der Waals surface area contributed by atoms with E-state index >= 15 is 0 Å². The molecule has 5 heteroatoms. The Morgan fingerprint density at radius 3 is 2.45 bits per heavy atom. The summed E-state index contributed by atoms with van der Waals surface area (Å²) >= 11 is 0. The summed E-state index contributed by atoms with van der Waals surface area (Å²) < 4.78 is 39.3. The highest BCUT2D eigenvalue weighted by molar-refractivity contribution is 5.52. The molecule has 0 fully saturated rings. The van der Waals surface area contributed by atoms with Crippen LogP contribution in [0.15, 0.2) is 18.2 Å². The maximum Gasteiger partial charge on any atom is 0.416 e. The van der Waals surface area contributed by atoms with Gasteiger partial charge in [0.25, 0.3) is 0 Å². The fourth-order valence-electron chi connectivity index (χ4n) is 2.29. The standard InChI is InChI=1S/C15H23F3N2/c1-4-5-11(2)20(3)13-7-6-12(8-9-19)14(10-13)15(16,17)18/h6-7,10-11H,4-5,8-9,19H2,1-3H3. The van der Waals surface area contributed by atoms with Crippen molar-refractivity contribution in [2.24, 2.45) is 5.73 Å². The number of hydrogen-bond donors (Lipinski definition) is 1. The molecular weight excluding hydrogens is 265 g/mol. The predicted molar refractivity (Wildman–Crippen MR) is 77.0 cm³/mol. The van der Waals surface area contributed by atoms with Crippen LogP contribution in [-0.2, 0) is 12.6 Å². The molecule has 2 nitrogen and oxygen atoms in total. The van der Waals surface area contributed by atoms with Gasteiger partial charge in [-0.05, 0) is 44.0 Å². The summed E-state index contributed by atoms with van der Waals surface area (Å²) in [6.45, 7) is 4.30. The normalized spacial score (nSPS) is 13.3. The number of nitrogens with two attached hydrogens (primary N) is 1. The number of anilines is 1. The molecular formula is C15H23F3N2. The molecule has 114 valence electrons. The molecule has 0 radical (unpaired) electrons. The van der Waals surface area contributed by atoms with E-state index in [1.807, 2.05) is 18.9 Å². The first-order valence-electron chi connectivity index (χ1n) is 6.94. The Hall–Kier alpha value is -1.23. The highest BCUT2D eigenvalue weighted by atomic mass is 19.4. The third-order valence-corrected chi connectivity index (χ3v) is 3.59. The molecule has 0 heterocycles. The molecule has 1 aromatic carbocycles. The van der Waals surface area contributed by atoms with E-state index in [-0.39, 0.29) is 24.6 Å².